The molecule has 1 aromatic heterocycles. The molecule has 0 amide bonds. The average molecular weight is 490 g/mol. The maximum absolute atomic E-state index is 14.6. The summed E-state index contributed by atoms with van der Waals surface area (Å²) < 4.78 is 28.3. The fourth-order valence-electron chi connectivity index (χ4n) is 4.16. The van der Waals surface area contributed by atoms with Gasteiger partial charge in [-0.3, -0.25) is 5.01 Å². The van der Waals surface area contributed by atoms with Gasteiger partial charge in [-0.15, -0.1) is 5.53 Å². The van der Waals surface area contributed by atoms with E-state index in [-0.39, 0.29) is 22.8 Å². The van der Waals surface area contributed by atoms with Crippen LogP contribution < -0.4 is 21.6 Å². The Kier molecular flexibility index (Phi) is 6.14. The van der Waals surface area contributed by atoms with Crippen molar-refractivity contribution in [2.75, 3.05) is 17.2 Å². The molecule has 2 heterocycles. The van der Waals surface area contributed by atoms with Crippen molar-refractivity contribution in [1.82, 2.24) is 21.0 Å². The number of hydrazine groups is 2. The summed E-state index contributed by atoms with van der Waals surface area (Å²) in [6.07, 6.45) is 4.29. The van der Waals surface area contributed by atoms with Crippen LogP contribution in [0, 0.1) is 28.5 Å². The minimum absolute atomic E-state index is 0.0800. The van der Waals surface area contributed by atoms with Crippen LogP contribution in [0.1, 0.15) is 50.8 Å². The number of nitriles is 1. The van der Waals surface area contributed by atoms with Crippen LogP contribution in [0.2, 0.25) is 0 Å². The Labute approximate surface area is 209 Å². The number of halogens is 2. The molecule has 9 heteroatoms. The van der Waals surface area contributed by atoms with E-state index >= 15 is 0 Å². The second-order valence-corrected chi connectivity index (χ2v) is 10.5. The van der Waals surface area contributed by atoms with E-state index in [2.05, 4.69) is 47.3 Å². The third-order valence-corrected chi connectivity index (χ3v) is 6.22. The highest BCUT2D eigenvalue weighted by atomic mass is 19.1. The summed E-state index contributed by atoms with van der Waals surface area (Å²) in [5, 5.41) is 19.1. The number of benzene rings is 2. The van der Waals surface area contributed by atoms with E-state index in [9.17, 15) is 14.0 Å². The van der Waals surface area contributed by atoms with Crippen LogP contribution in [-0.4, -0.2) is 22.6 Å². The van der Waals surface area contributed by atoms with Gasteiger partial charge in [-0.25, -0.2) is 9.37 Å². The Bertz CT molecular complexity index is 1350. The lowest BCUT2D eigenvalue weighted by molar-refractivity contribution is 0.260. The number of rotatable bonds is 7. The van der Waals surface area contributed by atoms with Crippen LogP contribution in [0.4, 0.5) is 20.2 Å². The molecule has 2 aliphatic rings. The zero-order valence-corrected chi connectivity index (χ0v) is 20.5. The van der Waals surface area contributed by atoms with Crippen molar-refractivity contribution >= 4 is 22.3 Å². The van der Waals surface area contributed by atoms with E-state index in [1.54, 1.807) is 18.2 Å². The van der Waals surface area contributed by atoms with E-state index in [1.165, 1.54) is 12.1 Å². The van der Waals surface area contributed by atoms with Crippen molar-refractivity contribution in [3.05, 3.63) is 77.3 Å². The Morgan fingerprint density at radius 1 is 1.17 bits per heavy atom. The molecular weight excluding hydrogens is 460 g/mol. The number of aromatic nitrogens is 1. The van der Waals surface area contributed by atoms with Crippen LogP contribution in [0.3, 0.4) is 0 Å². The number of hydrogen-bond donors (Lipinski definition) is 4. The summed E-state index contributed by atoms with van der Waals surface area (Å²) >= 11 is 0. The zero-order valence-electron chi connectivity index (χ0n) is 20.5. The summed E-state index contributed by atoms with van der Waals surface area (Å²) in [5.41, 5.74) is 9.62. The van der Waals surface area contributed by atoms with Gasteiger partial charge in [0.1, 0.15) is 17.4 Å². The largest absolute Gasteiger partial charge is 0.383 e. The first-order valence-corrected chi connectivity index (χ1v) is 12.0. The van der Waals surface area contributed by atoms with Gasteiger partial charge in [0.25, 0.3) is 0 Å². The van der Waals surface area contributed by atoms with Crippen molar-refractivity contribution in [3.63, 3.8) is 0 Å². The standard InChI is InChI=1S/C27H29F2N7/c1-27(2,3)15-31-25-20-12-18(8-11-22(20)33-26(29)21(25)13-30)32-24(16-4-6-17(28)7-5-16)23-14-36(35-34-23)19-9-10-19/h4-8,11-12,14,19,24,32,34-35H,9-10,15H2,1-3H3,(H,31,33). The molecule has 3 aromatic rings. The van der Waals surface area contributed by atoms with Gasteiger partial charge < -0.3 is 16.1 Å². The minimum Gasteiger partial charge on any atom is -0.383 e. The van der Waals surface area contributed by atoms with Crippen molar-refractivity contribution in [1.29, 1.82) is 5.26 Å². The number of hydrogen-bond acceptors (Lipinski definition) is 7. The van der Waals surface area contributed by atoms with E-state index in [1.807, 2.05) is 29.4 Å². The molecule has 1 aliphatic heterocycles. The molecule has 2 aromatic carbocycles. The summed E-state index contributed by atoms with van der Waals surface area (Å²) in [5.74, 6) is -1.10. The Hall–Kier alpha value is -3.90. The fourth-order valence-corrected chi connectivity index (χ4v) is 4.16. The molecular formula is C27H29F2N7. The molecule has 36 heavy (non-hydrogen) atoms. The van der Waals surface area contributed by atoms with E-state index < -0.39 is 5.95 Å². The highest BCUT2D eigenvalue weighted by Crippen LogP contribution is 2.35. The molecule has 1 saturated carbocycles. The average Bonchev–Trinajstić information content (AvgIpc) is 3.58. The smallest absolute Gasteiger partial charge is 0.233 e. The van der Waals surface area contributed by atoms with Gasteiger partial charge in [-0.2, -0.15) is 9.65 Å². The molecule has 5 rings (SSSR count). The highest BCUT2D eigenvalue weighted by Gasteiger charge is 2.32. The van der Waals surface area contributed by atoms with Gasteiger partial charge >= 0.3 is 0 Å². The Morgan fingerprint density at radius 2 is 1.92 bits per heavy atom. The van der Waals surface area contributed by atoms with Crippen LogP contribution in [0.15, 0.2) is 54.4 Å². The summed E-state index contributed by atoms with van der Waals surface area (Å²) in [6.45, 7) is 6.74. The number of fused-ring (bicyclic) bond motifs is 1. The summed E-state index contributed by atoms with van der Waals surface area (Å²) in [7, 11) is 0. The molecule has 7 nitrogen and oxygen atoms in total. The van der Waals surface area contributed by atoms with E-state index in [0.29, 0.717) is 29.2 Å². The van der Waals surface area contributed by atoms with Crippen molar-refractivity contribution in [2.45, 2.75) is 45.7 Å². The quantitative estimate of drug-likeness (QED) is 0.334. The molecule has 0 spiro atoms. The maximum Gasteiger partial charge on any atom is 0.233 e. The SMILES string of the molecule is CC(C)(C)CNc1c(C#N)c(F)nc2ccc(NC(C3=CN(C4CC4)NN3)c3ccc(F)cc3)cc12. The molecule has 186 valence electrons. The molecule has 4 N–H and O–H groups in total. The number of anilines is 2. The summed E-state index contributed by atoms with van der Waals surface area (Å²) in [6, 6.07) is 13.9. The van der Waals surface area contributed by atoms with E-state index in [4.69, 9.17) is 0 Å². The van der Waals surface area contributed by atoms with Crippen molar-refractivity contribution in [3.8, 4) is 6.07 Å². The highest BCUT2D eigenvalue weighted by molar-refractivity contribution is 5.96. The lowest BCUT2D eigenvalue weighted by atomic mass is 9.96. The Morgan fingerprint density at radius 3 is 2.58 bits per heavy atom. The molecule has 1 fully saturated rings. The topological polar surface area (TPSA) is 88.0 Å². The second-order valence-electron chi connectivity index (χ2n) is 10.5. The molecule has 1 unspecified atom stereocenters. The molecule has 0 radical (unpaired) electrons. The second kappa shape index (κ2) is 9.28. The van der Waals surface area contributed by atoms with Gasteiger partial charge in [-0.05, 0) is 54.2 Å². The normalized spacial score (nSPS) is 16.3. The first-order valence-electron chi connectivity index (χ1n) is 12.0. The maximum atomic E-state index is 14.6. The van der Waals surface area contributed by atoms with Gasteiger partial charge in [-0.1, -0.05) is 32.9 Å². The molecule has 1 atom stereocenters. The van der Waals surface area contributed by atoms with Crippen LogP contribution in [0.25, 0.3) is 10.9 Å². The molecule has 1 aliphatic carbocycles. The van der Waals surface area contributed by atoms with Crippen LogP contribution in [-0.2, 0) is 0 Å². The number of pyridine rings is 1. The first kappa shape index (κ1) is 23.8. The first-order chi connectivity index (χ1) is 17.2. The molecule has 0 bridgehead atoms. The van der Waals surface area contributed by atoms with E-state index in [0.717, 1.165) is 29.8 Å². The van der Waals surface area contributed by atoms with Crippen LogP contribution in [0.5, 0.6) is 0 Å². The lowest BCUT2D eigenvalue weighted by Crippen LogP contribution is -2.38. The zero-order chi connectivity index (χ0) is 25.4. The van der Waals surface area contributed by atoms with Gasteiger partial charge in [0.05, 0.1) is 22.9 Å². The van der Waals surface area contributed by atoms with Gasteiger partial charge in [0.2, 0.25) is 5.95 Å². The van der Waals surface area contributed by atoms with Gasteiger partial charge in [0.15, 0.2) is 0 Å². The van der Waals surface area contributed by atoms with Gasteiger partial charge in [0, 0.05) is 29.9 Å². The molecule has 0 saturated heterocycles. The lowest BCUT2D eigenvalue weighted by Gasteiger charge is -2.23. The Balaban J connectivity index is 1.53. The minimum atomic E-state index is -0.794. The third kappa shape index (κ3) is 5.04. The number of nitrogens with one attached hydrogen (secondary N) is 4. The fraction of sp³-hybridized carbons (Fsp3) is 0.333. The van der Waals surface area contributed by atoms with Crippen molar-refractivity contribution < 1.29 is 8.78 Å². The predicted octanol–water partition coefficient (Wildman–Crippen LogP) is 5.32. The predicted molar refractivity (Wildman–Crippen MR) is 136 cm³/mol. The monoisotopic (exact) mass is 489 g/mol. The summed E-state index contributed by atoms with van der Waals surface area (Å²) in [4.78, 5) is 4.01. The third-order valence-electron chi connectivity index (χ3n) is 6.22. The number of nitrogens with zero attached hydrogens (tertiary/aromatic N) is 3. The van der Waals surface area contributed by atoms with Crippen LogP contribution >= 0.6 is 0 Å². The van der Waals surface area contributed by atoms with Crippen molar-refractivity contribution in [2.24, 2.45) is 5.41 Å².